The molecule has 1 aromatic heterocycles. The molecule has 1 fully saturated rings. The summed E-state index contributed by atoms with van der Waals surface area (Å²) in [6, 6.07) is 16.2. The zero-order valence-corrected chi connectivity index (χ0v) is 16.1. The number of nitrogens with one attached hydrogen (secondary N) is 1. The maximum Gasteiger partial charge on any atom is 0.295 e. The van der Waals surface area contributed by atoms with Gasteiger partial charge in [0.15, 0.2) is 0 Å². The molecule has 1 aliphatic heterocycles. The summed E-state index contributed by atoms with van der Waals surface area (Å²) in [5, 5.41) is 11.9. The minimum atomic E-state index is -0.668. The Morgan fingerprint density at radius 3 is 2.59 bits per heavy atom. The Labute approximate surface area is 168 Å². The van der Waals surface area contributed by atoms with E-state index in [1.165, 1.54) is 4.90 Å². The van der Waals surface area contributed by atoms with Crippen molar-refractivity contribution < 1.29 is 19.4 Å². The first-order valence-electron chi connectivity index (χ1n) is 9.52. The van der Waals surface area contributed by atoms with E-state index in [1.807, 2.05) is 54.6 Å². The molecule has 6 heteroatoms. The molecule has 3 aromatic rings. The zero-order valence-electron chi connectivity index (χ0n) is 16.1. The number of H-pyrrole nitrogens is 1. The van der Waals surface area contributed by atoms with Crippen LogP contribution in [-0.4, -0.2) is 46.9 Å². The number of aromatic amines is 1. The molecule has 6 nitrogen and oxygen atoms in total. The van der Waals surface area contributed by atoms with Gasteiger partial charge >= 0.3 is 0 Å². The standard InChI is InChI=1S/C23H22N2O4/c1-29-13-7-12-25-20(15-8-3-2-4-9-15)19(22(27)23(25)28)21(26)17-14-24-18-11-6-5-10-16(17)18/h2-6,8-11,14,20,24,26H,7,12-13H2,1H3/b21-19-. The molecule has 1 aliphatic rings. The van der Waals surface area contributed by atoms with Crippen LogP contribution in [0.25, 0.3) is 16.7 Å². The highest BCUT2D eigenvalue weighted by Crippen LogP contribution is 2.40. The molecule has 0 saturated carbocycles. The molecule has 1 atom stereocenters. The van der Waals surface area contributed by atoms with Gasteiger partial charge in [0.05, 0.1) is 11.6 Å². The first kappa shape index (κ1) is 19.0. The van der Waals surface area contributed by atoms with Gasteiger partial charge in [0.2, 0.25) is 0 Å². The largest absolute Gasteiger partial charge is 0.507 e. The van der Waals surface area contributed by atoms with E-state index < -0.39 is 17.7 Å². The van der Waals surface area contributed by atoms with Crippen molar-refractivity contribution in [2.75, 3.05) is 20.3 Å². The average molecular weight is 390 g/mol. The number of carbonyl (C=O) groups excluding carboxylic acids is 2. The fourth-order valence-corrected chi connectivity index (χ4v) is 3.88. The summed E-state index contributed by atoms with van der Waals surface area (Å²) < 4.78 is 5.10. The van der Waals surface area contributed by atoms with Gasteiger partial charge in [-0.3, -0.25) is 9.59 Å². The maximum absolute atomic E-state index is 13.0. The van der Waals surface area contributed by atoms with E-state index in [4.69, 9.17) is 4.74 Å². The van der Waals surface area contributed by atoms with Crippen molar-refractivity contribution in [1.82, 2.24) is 9.88 Å². The number of aliphatic hydroxyl groups is 1. The molecule has 1 saturated heterocycles. The van der Waals surface area contributed by atoms with Gasteiger partial charge in [-0.25, -0.2) is 0 Å². The molecule has 29 heavy (non-hydrogen) atoms. The third kappa shape index (κ3) is 3.32. The molecule has 0 spiro atoms. The summed E-state index contributed by atoms with van der Waals surface area (Å²) in [7, 11) is 1.60. The van der Waals surface area contributed by atoms with E-state index in [-0.39, 0.29) is 11.3 Å². The molecule has 148 valence electrons. The highest BCUT2D eigenvalue weighted by atomic mass is 16.5. The number of hydrogen-bond acceptors (Lipinski definition) is 4. The smallest absolute Gasteiger partial charge is 0.295 e. The predicted octanol–water partition coefficient (Wildman–Crippen LogP) is 3.63. The summed E-state index contributed by atoms with van der Waals surface area (Å²) in [6.07, 6.45) is 2.26. The lowest BCUT2D eigenvalue weighted by Crippen LogP contribution is -2.31. The second-order valence-corrected chi connectivity index (χ2v) is 7.00. The number of methoxy groups -OCH3 is 1. The highest BCUT2D eigenvalue weighted by Gasteiger charge is 2.45. The number of Topliss-reactive ketones (excluding diaryl/α,β-unsaturated/α-hetero) is 1. The Morgan fingerprint density at radius 2 is 1.83 bits per heavy atom. The molecule has 2 aromatic carbocycles. The lowest BCUT2D eigenvalue weighted by atomic mass is 9.95. The minimum Gasteiger partial charge on any atom is -0.507 e. The van der Waals surface area contributed by atoms with Crippen molar-refractivity contribution in [3.8, 4) is 0 Å². The van der Waals surface area contributed by atoms with Gasteiger partial charge < -0.3 is 19.7 Å². The molecule has 4 rings (SSSR count). The van der Waals surface area contributed by atoms with Crippen molar-refractivity contribution in [3.05, 3.63) is 77.5 Å². The third-order valence-electron chi connectivity index (χ3n) is 5.25. The molecule has 2 heterocycles. The normalized spacial score (nSPS) is 18.7. The number of rotatable bonds is 6. The van der Waals surface area contributed by atoms with E-state index in [1.54, 1.807) is 13.3 Å². The second-order valence-electron chi connectivity index (χ2n) is 7.00. The van der Waals surface area contributed by atoms with Crippen LogP contribution in [0.15, 0.2) is 66.4 Å². The Kier molecular flexibility index (Phi) is 5.18. The Hall–Kier alpha value is -3.38. The Bertz CT molecular complexity index is 1080. The Balaban J connectivity index is 1.86. The van der Waals surface area contributed by atoms with Gasteiger partial charge in [0, 0.05) is 42.9 Å². The van der Waals surface area contributed by atoms with E-state index in [0.29, 0.717) is 25.1 Å². The number of carbonyl (C=O) groups is 2. The molecule has 0 bridgehead atoms. The van der Waals surface area contributed by atoms with Crippen molar-refractivity contribution >= 4 is 28.4 Å². The fraction of sp³-hybridized carbons (Fsp3) is 0.217. The van der Waals surface area contributed by atoms with Gasteiger partial charge in [-0.05, 0) is 18.1 Å². The van der Waals surface area contributed by atoms with E-state index in [9.17, 15) is 14.7 Å². The summed E-state index contributed by atoms with van der Waals surface area (Å²) in [5.74, 6) is -1.43. The van der Waals surface area contributed by atoms with Crippen LogP contribution < -0.4 is 0 Å². The van der Waals surface area contributed by atoms with Gasteiger partial charge in [-0.1, -0.05) is 48.5 Å². The maximum atomic E-state index is 13.0. The topological polar surface area (TPSA) is 82.6 Å². The number of fused-ring (bicyclic) bond motifs is 1. The first-order chi connectivity index (χ1) is 14.1. The van der Waals surface area contributed by atoms with Gasteiger partial charge in [0.25, 0.3) is 11.7 Å². The number of aliphatic hydroxyl groups excluding tert-OH is 1. The van der Waals surface area contributed by atoms with E-state index in [2.05, 4.69) is 4.98 Å². The Morgan fingerprint density at radius 1 is 1.10 bits per heavy atom. The van der Waals surface area contributed by atoms with Crippen LogP contribution in [0.2, 0.25) is 0 Å². The first-order valence-corrected chi connectivity index (χ1v) is 9.52. The predicted molar refractivity (Wildman–Crippen MR) is 110 cm³/mol. The quantitative estimate of drug-likeness (QED) is 0.291. The van der Waals surface area contributed by atoms with Crippen molar-refractivity contribution in [2.45, 2.75) is 12.5 Å². The van der Waals surface area contributed by atoms with Crippen LogP contribution >= 0.6 is 0 Å². The van der Waals surface area contributed by atoms with Crippen LogP contribution in [0.4, 0.5) is 0 Å². The second kappa shape index (κ2) is 7.93. The summed E-state index contributed by atoms with van der Waals surface area (Å²) >= 11 is 0. The number of hydrogen-bond donors (Lipinski definition) is 2. The van der Waals surface area contributed by atoms with Crippen LogP contribution in [0.5, 0.6) is 0 Å². The van der Waals surface area contributed by atoms with E-state index in [0.717, 1.165) is 16.5 Å². The van der Waals surface area contributed by atoms with Crippen LogP contribution in [-0.2, 0) is 14.3 Å². The summed E-state index contributed by atoms with van der Waals surface area (Å²) in [6.45, 7) is 0.843. The number of aromatic nitrogens is 1. The number of likely N-dealkylation sites (tertiary alicyclic amines) is 1. The summed E-state index contributed by atoms with van der Waals surface area (Å²) in [4.78, 5) is 30.4. The number of para-hydroxylation sites is 1. The molecular weight excluding hydrogens is 368 g/mol. The van der Waals surface area contributed by atoms with Crippen LogP contribution in [0, 0.1) is 0 Å². The number of nitrogens with zero attached hydrogens (tertiary/aromatic N) is 1. The highest BCUT2D eigenvalue weighted by molar-refractivity contribution is 6.46. The molecule has 0 aliphatic carbocycles. The SMILES string of the molecule is COCCCN1C(=O)C(=O)/C(=C(\O)c2c[nH]c3ccccc23)C1c1ccccc1. The summed E-state index contributed by atoms with van der Waals surface area (Å²) in [5.41, 5.74) is 2.25. The lowest BCUT2D eigenvalue weighted by Gasteiger charge is -2.25. The molecular formula is C23H22N2O4. The van der Waals surface area contributed by atoms with Gasteiger partial charge in [-0.2, -0.15) is 0 Å². The average Bonchev–Trinajstić information content (AvgIpc) is 3.29. The van der Waals surface area contributed by atoms with Crippen LogP contribution in [0.3, 0.4) is 0 Å². The third-order valence-corrected chi connectivity index (χ3v) is 5.25. The number of ether oxygens (including phenoxy) is 1. The fourth-order valence-electron chi connectivity index (χ4n) is 3.88. The van der Waals surface area contributed by atoms with Crippen molar-refractivity contribution in [2.24, 2.45) is 0 Å². The monoisotopic (exact) mass is 390 g/mol. The van der Waals surface area contributed by atoms with Gasteiger partial charge in [0.1, 0.15) is 5.76 Å². The molecule has 1 unspecified atom stereocenters. The molecule has 1 amide bonds. The number of ketones is 1. The van der Waals surface area contributed by atoms with E-state index >= 15 is 0 Å². The lowest BCUT2D eigenvalue weighted by molar-refractivity contribution is -0.140. The van der Waals surface area contributed by atoms with Crippen molar-refractivity contribution in [1.29, 1.82) is 0 Å². The molecule has 2 N–H and O–H groups in total. The molecule has 0 radical (unpaired) electrons. The zero-order chi connectivity index (χ0) is 20.4. The van der Waals surface area contributed by atoms with Crippen LogP contribution in [0.1, 0.15) is 23.6 Å². The van der Waals surface area contributed by atoms with Gasteiger partial charge in [-0.15, -0.1) is 0 Å². The number of amides is 1. The van der Waals surface area contributed by atoms with Crippen molar-refractivity contribution in [3.63, 3.8) is 0 Å². The minimum absolute atomic E-state index is 0.114. The number of benzene rings is 2.